The lowest BCUT2D eigenvalue weighted by molar-refractivity contribution is 1.08. The molecule has 0 amide bonds. The minimum atomic E-state index is 0.553. The highest BCUT2D eigenvalue weighted by Gasteiger charge is 2.10. The van der Waals surface area contributed by atoms with E-state index < -0.39 is 0 Å². The van der Waals surface area contributed by atoms with Crippen molar-refractivity contribution in [1.82, 2.24) is 4.98 Å². The third kappa shape index (κ3) is 3.81. The SMILES string of the molecule is CCNc1nc(SCc2ccccc2C)c(Cl)cc1Cl. The van der Waals surface area contributed by atoms with E-state index in [1.807, 2.05) is 19.1 Å². The maximum atomic E-state index is 6.21. The van der Waals surface area contributed by atoms with Gasteiger partial charge in [0.15, 0.2) is 0 Å². The topological polar surface area (TPSA) is 24.9 Å². The maximum absolute atomic E-state index is 6.21. The predicted octanol–water partition coefficient (Wildman–Crippen LogP) is 5.42. The Hall–Kier alpha value is -0.900. The van der Waals surface area contributed by atoms with Crippen LogP contribution in [0.5, 0.6) is 0 Å². The molecular weight excluding hydrogens is 311 g/mol. The molecule has 0 saturated carbocycles. The van der Waals surface area contributed by atoms with Gasteiger partial charge in [0.2, 0.25) is 0 Å². The van der Waals surface area contributed by atoms with Gasteiger partial charge >= 0.3 is 0 Å². The number of benzene rings is 1. The van der Waals surface area contributed by atoms with Crippen LogP contribution in [0.1, 0.15) is 18.1 Å². The molecular formula is C15H16Cl2N2S. The Labute approximate surface area is 133 Å². The molecule has 1 N–H and O–H groups in total. The van der Waals surface area contributed by atoms with Gasteiger partial charge in [-0.25, -0.2) is 4.98 Å². The second-order valence-corrected chi connectivity index (χ2v) is 6.13. The number of aromatic nitrogens is 1. The minimum absolute atomic E-state index is 0.553. The van der Waals surface area contributed by atoms with Crippen LogP contribution in [-0.4, -0.2) is 11.5 Å². The standard InChI is InChI=1S/C15H16Cl2N2S/c1-3-18-14-12(16)8-13(17)15(19-14)20-9-11-7-5-4-6-10(11)2/h4-8H,3,9H2,1-2H3,(H,18,19). The molecule has 0 radical (unpaired) electrons. The van der Waals surface area contributed by atoms with Crippen molar-refractivity contribution in [3.05, 3.63) is 51.5 Å². The van der Waals surface area contributed by atoms with Gasteiger partial charge in [-0.3, -0.25) is 0 Å². The number of hydrogen-bond donors (Lipinski definition) is 1. The van der Waals surface area contributed by atoms with E-state index in [1.54, 1.807) is 17.8 Å². The molecule has 1 heterocycles. The number of nitrogens with zero attached hydrogens (tertiary/aromatic N) is 1. The Morgan fingerprint density at radius 1 is 1.20 bits per heavy atom. The van der Waals surface area contributed by atoms with Crippen LogP contribution in [0.3, 0.4) is 0 Å². The van der Waals surface area contributed by atoms with E-state index in [1.165, 1.54) is 11.1 Å². The fraction of sp³-hybridized carbons (Fsp3) is 0.267. The highest BCUT2D eigenvalue weighted by atomic mass is 35.5. The van der Waals surface area contributed by atoms with Crippen LogP contribution in [0.2, 0.25) is 10.0 Å². The van der Waals surface area contributed by atoms with Crippen molar-refractivity contribution in [2.45, 2.75) is 24.6 Å². The van der Waals surface area contributed by atoms with Gasteiger partial charge in [-0.2, -0.15) is 0 Å². The molecule has 106 valence electrons. The quantitative estimate of drug-likeness (QED) is 0.742. The first-order valence-electron chi connectivity index (χ1n) is 6.39. The first-order chi connectivity index (χ1) is 9.61. The number of anilines is 1. The number of aryl methyl sites for hydroxylation is 1. The lowest BCUT2D eigenvalue weighted by Gasteiger charge is -2.10. The number of pyridine rings is 1. The van der Waals surface area contributed by atoms with Gasteiger partial charge in [-0.1, -0.05) is 47.5 Å². The van der Waals surface area contributed by atoms with E-state index in [4.69, 9.17) is 23.2 Å². The molecule has 2 rings (SSSR count). The Morgan fingerprint density at radius 3 is 2.65 bits per heavy atom. The molecule has 0 aliphatic rings. The summed E-state index contributed by atoms with van der Waals surface area (Å²) in [5.74, 6) is 1.53. The lowest BCUT2D eigenvalue weighted by Crippen LogP contribution is -2.01. The van der Waals surface area contributed by atoms with Crippen LogP contribution in [0.4, 0.5) is 5.82 Å². The summed E-state index contributed by atoms with van der Waals surface area (Å²) in [6.45, 7) is 4.89. The lowest BCUT2D eigenvalue weighted by atomic mass is 10.1. The van der Waals surface area contributed by atoms with Crippen LogP contribution < -0.4 is 5.32 Å². The first kappa shape index (κ1) is 15.5. The van der Waals surface area contributed by atoms with Crippen molar-refractivity contribution < 1.29 is 0 Å². The van der Waals surface area contributed by atoms with Crippen molar-refractivity contribution >= 4 is 40.8 Å². The highest BCUT2D eigenvalue weighted by Crippen LogP contribution is 2.33. The molecule has 2 nitrogen and oxygen atoms in total. The smallest absolute Gasteiger partial charge is 0.146 e. The molecule has 5 heteroatoms. The van der Waals surface area contributed by atoms with E-state index >= 15 is 0 Å². The minimum Gasteiger partial charge on any atom is -0.369 e. The molecule has 0 aliphatic heterocycles. The van der Waals surface area contributed by atoms with Gasteiger partial charge in [0.05, 0.1) is 10.0 Å². The first-order valence-corrected chi connectivity index (χ1v) is 8.13. The zero-order chi connectivity index (χ0) is 14.5. The number of nitrogens with one attached hydrogen (secondary N) is 1. The molecule has 1 aromatic carbocycles. The Morgan fingerprint density at radius 2 is 1.95 bits per heavy atom. The van der Waals surface area contributed by atoms with Gasteiger partial charge in [0.25, 0.3) is 0 Å². The average Bonchev–Trinajstić information content (AvgIpc) is 2.42. The zero-order valence-electron chi connectivity index (χ0n) is 11.4. The third-order valence-corrected chi connectivity index (χ3v) is 4.60. The fourth-order valence-electron chi connectivity index (χ4n) is 1.76. The maximum Gasteiger partial charge on any atom is 0.146 e. The summed E-state index contributed by atoms with van der Waals surface area (Å²) in [6.07, 6.45) is 0. The van der Waals surface area contributed by atoms with E-state index in [0.29, 0.717) is 15.9 Å². The summed E-state index contributed by atoms with van der Waals surface area (Å²) in [6, 6.07) is 10.1. The molecule has 0 spiro atoms. The van der Waals surface area contributed by atoms with E-state index in [-0.39, 0.29) is 0 Å². The van der Waals surface area contributed by atoms with E-state index in [2.05, 4.69) is 29.4 Å². The molecule has 0 aliphatic carbocycles. The Balaban J connectivity index is 2.17. The molecule has 0 unspecified atom stereocenters. The number of hydrogen-bond acceptors (Lipinski definition) is 3. The highest BCUT2D eigenvalue weighted by molar-refractivity contribution is 7.98. The van der Waals surface area contributed by atoms with Gasteiger partial charge in [0.1, 0.15) is 10.8 Å². The number of thioether (sulfide) groups is 1. The fourth-order valence-corrected chi connectivity index (χ4v) is 3.32. The van der Waals surface area contributed by atoms with Crippen LogP contribution in [0, 0.1) is 6.92 Å². The van der Waals surface area contributed by atoms with Gasteiger partial charge < -0.3 is 5.32 Å². The largest absolute Gasteiger partial charge is 0.369 e. The summed E-state index contributed by atoms with van der Waals surface area (Å²) >= 11 is 13.9. The molecule has 0 atom stereocenters. The second kappa shape index (κ2) is 7.21. The predicted molar refractivity (Wildman–Crippen MR) is 89.2 cm³/mol. The molecule has 0 fully saturated rings. The van der Waals surface area contributed by atoms with E-state index in [9.17, 15) is 0 Å². The second-order valence-electron chi connectivity index (χ2n) is 4.35. The van der Waals surface area contributed by atoms with Crippen molar-refractivity contribution in [3.8, 4) is 0 Å². The van der Waals surface area contributed by atoms with Crippen molar-refractivity contribution in [1.29, 1.82) is 0 Å². The van der Waals surface area contributed by atoms with Crippen LogP contribution in [0.15, 0.2) is 35.4 Å². The summed E-state index contributed by atoms with van der Waals surface area (Å²) in [5, 5.41) is 5.08. The number of halogens is 2. The molecule has 0 saturated heterocycles. The monoisotopic (exact) mass is 326 g/mol. The average molecular weight is 327 g/mol. The molecule has 20 heavy (non-hydrogen) atoms. The van der Waals surface area contributed by atoms with Crippen molar-refractivity contribution in [3.63, 3.8) is 0 Å². The van der Waals surface area contributed by atoms with Gasteiger partial charge in [0, 0.05) is 12.3 Å². The van der Waals surface area contributed by atoms with Crippen LogP contribution >= 0.6 is 35.0 Å². The van der Waals surface area contributed by atoms with Crippen molar-refractivity contribution in [2.24, 2.45) is 0 Å². The summed E-state index contributed by atoms with van der Waals surface area (Å²) in [5.41, 5.74) is 2.56. The van der Waals surface area contributed by atoms with Gasteiger partial charge in [-0.15, -0.1) is 11.8 Å². The molecule has 1 aromatic heterocycles. The Bertz CT molecular complexity index is 602. The van der Waals surface area contributed by atoms with Crippen molar-refractivity contribution in [2.75, 3.05) is 11.9 Å². The summed E-state index contributed by atoms with van der Waals surface area (Å²) in [7, 11) is 0. The Kier molecular flexibility index (Phi) is 5.58. The summed E-state index contributed by atoms with van der Waals surface area (Å²) in [4.78, 5) is 4.49. The molecule has 2 aromatic rings. The zero-order valence-corrected chi connectivity index (χ0v) is 13.7. The van der Waals surface area contributed by atoms with Gasteiger partial charge in [-0.05, 0) is 31.0 Å². The van der Waals surface area contributed by atoms with Crippen LogP contribution in [0.25, 0.3) is 0 Å². The van der Waals surface area contributed by atoms with E-state index in [0.717, 1.165) is 17.3 Å². The summed E-state index contributed by atoms with van der Waals surface area (Å²) < 4.78 is 0. The molecule has 0 bridgehead atoms. The third-order valence-electron chi connectivity index (χ3n) is 2.87. The normalized spacial score (nSPS) is 10.6. The van der Waals surface area contributed by atoms with Crippen LogP contribution in [-0.2, 0) is 5.75 Å². The number of rotatable bonds is 5.